The van der Waals surface area contributed by atoms with Gasteiger partial charge in [0.1, 0.15) is 6.07 Å². The number of fused-ring (bicyclic) bond motifs is 1. The summed E-state index contributed by atoms with van der Waals surface area (Å²) in [6.07, 6.45) is 2.87. The van der Waals surface area contributed by atoms with Gasteiger partial charge in [0.15, 0.2) is 0 Å². The van der Waals surface area contributed by atoms with Crippen molar-refractivity contribution in [2.24, 2.45) is 0 Å². The highest BCUT2D eigenvalue weighted by atomic mass is 15.1. The Hall–Kier alpha value is -2.18. The van der Waals surface area contributed by atoms with Crippen LogP contribution in [0.4, 0.5) is 0 Å². The van der Waals surface area contributed by atoms with Gasteiger partial charge in [-0.25, -0.2) is 0 Å². The Labute approximate surface area is 119 Å². The Morgan fingerprint density at radius 2 is 2.10 bits per heavy atom. The van der Waals surface area contributed by atoms with Crippen LogP contribution in [-0.2, 0) is 19.5 Å². The SMILES string of the molecule is Cc1ncc2c(c1C#N)CCN(Cc1ccccc1)C2. The van der Waals surface area contributed by atoms with Crippen molar-refractivity contribution in [2.45, 2.75) is 26.4 Å². The molecule has 0 amide bonds. The lowest BCUT2D eigenvalue weighted by atomic mass is 9.95. The molecule has 3 nitrogen and oxygen atoms in total. The van der Waals surface area contributed by atoms with Crippen molar-refractivity contribution in [3.8, 4) is 6.07 Å². The van der Waals surface area contributed by atoms with E-state index < -0.39 is 0 Å². The van der Waals surface area contributed by atoms with E-state index in [1.807, 2.05) is 19.2 Å². The Kier molecular flexibility index (Phi) is 3.49. The number of aromatic nitrogens is 1. The van der Waals surface area contributed by atoms with Crippen LogP contribution in [0.25, 0.3) is 0 Å². The standard InChI is InChI=1S/C17H17N3/c1-13-17(9-18)16-7-8-20(12-15(16)10-19-13)11-14-5-3-2-4-6-14/h2-6,10H,7-8,11-12H2,1H3. The quantitative estimate of drug-likeness (QED) is 0.836. The lowest BCUT2D eigenvalue weighted by molar-refractivity contribution is 0.245. The molecule has 0 bridgehead atoms. The maximum atomic E-state index is 9.27. The van der Waals surface area contributed by atoms with Crippen molar-refractivity contribution in [2.75, 3.05) is 6.54 Å². The Morgan fingerprint density at radius 3 is 2.85 bits per heavy atom. The number of benzene rings is 1. The molecule has 3 rings (SSSR count). The maximum Gasteiger partial charge on any atom is 0.101 e. The van der Waals surface area contributed by atoms with Crippen molar-refractivity contribution >= 4 is 0 Å². The largest absolute Gasteiger partial charge is 0.294 e. The summed E-state index contributed by atoms with van der Waals surface area (Å²) in [5.74, 6) is 0. The monoisotopic (exact) mass is 263 g/mol. The fourth-order valence-corrected chi connectivity index (χ4v) is 2.83. The molecule has 1 aliphatic rings. The van der Waals surface area contributed by atoms with E-state index in [4.69, 9.17) is 0 Å². The van der Waals surface area contributed by atoms with Crippen LogP contribution >= 0.6 is 0 Å². The van der Waals surface area contributed by atoms with E-state index in [1.54, 1.807) is 0 Å². The first-order valence-corrected chi connectivity index (χ1v) is 6.91. The van der Waals surface area contributed by atoms with E-state index in [0.29, 0.717) is 0 Å². The zero-order valence-electron chi connectivity index (χ0n) is 11.6. The summed E-state index contributed by atoms with van der Waals surface area (Å²) >= 11 is 0. The number of aryl methyl sites for hydroxylation is 1. The minimum absolute atomic E-state index is 0.780. The molecule has 2 aromatic rings. The van der Waals surface area contributed by atoms with E-state index in [1.165, 1.54) is 16.7 Å². The van der Waals surface area contributed by atoms with Crippen molar-refractivity contribution in [3.05, 3.63) is 64.5 Å². The average Bonchev–Trinajstić information content (AvgIpc) is 2.48. The normalized spacial score (nSPS) is 14.6. The van der Waals surface area contributed by atoms with E-state index in [2.05, 4.69) is 40.2 Å². The second-order valence-electron chi connectivity index (χ2n) is 5.28. The molecule has 3 heteroatoms. The van der Waals surface area contributed by atoms with Gasteiger partial charge in [-0.05, 0) is 30.0 Å². The zero-order chi connectivity index (χ0) is 13.9. The smallest absolute Gasteiger partial charge is 0.101 e. The number of hydrogen-bond acceptors (Lipinski definition) is 3. The van der Waals surface area contributed by atoms with Crippen molar-refractivity contribution < 1.29 is 0 Å². The predicted molar refractivity (Wildman–Crippen MR) is 77.9 cm³/mol. The molecule has 1 aromatic carbocycles. The highest BCUT2D eigenvalue weighted by Crippen LogP contribution is 2.24. The van der Waals surface area contributed by atoms with Crippen LogP contribution in [0, 0.1) is 18.3 Å². The molecule has 1 aromatic heterocycles. The Morgan fingerprint density at radius 1 is 1.30 bits per heavy atom. The number of nitriles is 1. The molecular weight excluding hydrogens is 246 g/mol. The van der Waals surface area contributed by atoms with Gasteiger partial charge in [0, 0.05) is 25.8 Å². The van der Waals surface area contributed by atoms with Crippen LogP contribution in [0.15, 0.2) is 36.5 Å². The molecule has 1 aliphatic heterocycles. The first-order valence-electron chi connectivity index (χ1n) is 6.91. The van der Waals surface area contributed by atoms with Crippen LogP contribution in [-0.4, -0.2) is 16.4 Å². The highest BCUT2D eigenvalue weighted by molar-refractivity contribution is 5.45. The summed E-state index contributed by atoms with van der Waals surface area (Å²) in [5.41, 5.74) is 5.36. The van der Waals surface area contributed by atoms with Gasteiger partial charge < -0.3 is 0 Å². The second kappa shape index (κ2) is 5.44. The lowest BCUT2D eigenvalue weighted by Gasteiger charge is -2.29. The van der Waals surface area contributed by atoms with Gasteiger partial charge in [-0.3, -0.25) is 9.88 Å². The van der Waals surface area contributed by atoms with Crippen molar-refractivity contribution in [1.29, 1.82) is 5.26 Å². The van der Waals surface area contributed by atoms with E-state index in [9.17, 15) is 5.26 Å². The average molecular weight is 263 g/mol. The van der Waals surface area contributed by atoms with Gasteiger partial charge >= 0.3 is 0 Å². The summed E-state index contributed by atoms with van der Waals surface area (Å²) in [6, 6.07) is 12.8. The summed E-state index contributed by atoms with van der Waals surface area (Å²) in [7, 11) is 0. The maximum absolute atomic E-state index is 9.27. The third kappa shape index (κ3) is 2.43. The van der Waals surface area contributed by atoms with E-state index in [0.717, 1.165) is 37.3 Å². The van der Waals surface area contributed by atoms with Crippen LogP contribution in [0.2, 0.25) is 0 Å². The van der Waals surface area contributed by atoms with Gasteiger partial charge in [-0.15, -0.1) is 0 Å². The molecule has 0 saturated heterocycles. The van der Waals surface area contributed by atoms with Gasteiger partial charge in [0.2, 0.25) is 0 Å². The number of rotatable bonds is 2. The fourth-order valence-electron chi connectivity index (χ4n) is 2.83. The lowest BCUT2D eigenvalue weighted by Crippen LogP contribution is -2.31. The summed E-state index contributed by atoms with van der Waals surface area (Å²) < 4.78 is 0. The topological polar surface area (TPSA) is 39.9 Å². The third-order valence-corrected chi connectivity index (χ3v) is 3.90. The molecule has 2 heterocycles. The zero-order valence-corrected chi connectivity index (χ0v) is 11.6. The molecule has 0 N–H and O–H groups in total. The minimum Gasteiger partial charge on any atom is -0.294 e. The molecule has 0 fully saturated rings. The molecule has 0 unspecified atom stereocenters. The summed E-state index contributed by atoms with van der Waals surface area (Å²) in [6.45, 7) is 4.75. The molecule has 0 radical (unpaired) electrons. The van der Waals surface area contributed by atoms with Crippen LogP contribution in [0.3, 0.4) is 0 Å². The molecule has 100 valence electrons. The van der Waals surface area contributed by atoms with E-state index >= 15 is 0 Å². The van der Waals surface area contributed by atoms with Crippen LogP contribution in [0.1, 0.15) is 27.9 Å². The van der Waals surface area contributed by atoms with Crippen molar-refractivity contribution in [3.63, 3.8) is 0 Å². The molecule has 0 spiro atoms. The van der Waals surface area contributed by atoms with E-state index in [-0.39, 0.29) is 0 Å². The molecule has 0 atom stereocenters. The Bertz CT molecular complexity index is 656. The second-order valence-corrected chi connectivity index (χ2v) is 5.28. The first-order chi connectivity index (χ1) is 9.78. The molecule has 0 aliphatic carbocycles. The molecular formula is C17H17N3. The number of nitrogens with zero attached hydrogens (tertiary/aromatic N) is 3. The third-order valence-electron chi connectivity index (χ3n) is 3.90. The highest BCUT2D eigenvalue weighted by Gasteiger charge is 2.20. The van der Waals surface area contributed by atoms with Crippen LogP contribution < -0.4 is 0 Å². The predicted octanol–water partition coefficient (Wildman–Crippen LogP) is 2.82. The van der Waals surface area contributed by atoms with Crippen molar-refractivity contribution in [1.82, 2.24) is 9.88 Å². The Balaban J connectivity index is 1.81. The fraction of sp³-hybridized carbons (Fsp3) is 0.294. The first kappa shape index (κ1) is 12.8. The van der Waals surface area contributed by atoms with Gasteiger partial charge in [0.05, 0.1) is 11.3 Å². The van der Waals surface area contributed by atoms with Gasteiger partial charge in [-0.2, -0.15) is 5.26 Å². The van der Waals surface area contributed by atoms with Crippen LogP contribution in [0.5, 0.6) is 0 Å². The molecule has 20 heavy (non-hydrogen) atoms. The molecule has 0 saturated carbocycles. The number of pyridine rings is 1. The summed E-state index contributed by atoms with van der Waals surface area (Å²) in [4.78, 5) is 6.77. The van der Waals surface area contributed by atoms with Gasteiger partial charge in [-0.1, -0.05) is 30.3 Å². The van der Waals surface area contributed by atoms with Gasteiger partial charge in [0.25, 0.3) is 0 Å². The number of hydrogen-bond donors (Lipinski definition) is 0. The summed E-state index contributed by atoms with van der Waals surface area (Å²) in [5, 5.41) is 9.27. The minimum atomic E-state index is 0.780.